The predicted molar refractivity (Wildman–Crippen MR) is 68.0 cm³/mol. The van der Waals surface area contributed by atoms with Crippen molar-refractivity contribution in [2.45, 2.75) is 25.2 Å². The molecule has 3 rings (SSSR count). The summed E-state index contributed by atoms with van der Waals surface area (Å²) in [5.41, 5.74) is 1.20. The molecule has 0 unspecified atom stereocenters. The smallest absolute Gasteiger partial charge is 0.223 e. The van der Waals surface area contributed by atoms with Crippen LogP contribution >= 0.6 is 11.6 Å². The van der Waals surface area contributed by atoms with E-state index in [1.807, 2.05) is 18.2 Å². The zero-order valence-electron chi connectivity index (χ0n) is 9.66. The number of amides is 1. The van der Waals surface area contributed by atoms with Crippen LogP contribution < -0.4 is 5.32 Å². The van der Waals surface area contributed by atoms with E-state index in [1.165, 1.54) is 18.4 Å². The number of carbonyl (C=O) groups is 1. The minimum Gasteiger partial charge on any atom is -0.356 e. The Morgan fingerprint density at radius 3 is 2.94 bits per heavy atom. The highest BCUT2D eigenvalue weighted by atomic mass is 35.5. The molecule has 17 heavy (non-hydrogen) atoms. The maximum atomic E-state index is 11.9. The molecule has 2 fully saturated rings. The topological polar surface area (TPSA) is 29.1 Å². The number of hydrogen-bond acceptors (Lipinski definition) is 1. The first kappa shape index (κ1) is 11.1. The molecule has 0 aliphatic heterocycles. The average molecular weight is 250 g/mol. The van der Waals surface area contributed by atoms with E-state index in [4.69, 9.17) is 11.6 Å². The van der Waals surface area contributed by atoms with Gasteiger partial charge < -0.3 is 5.32 Å². The van der Waals surface area contributed by atoms with E-state index >= 15 is 0 Å². The molecule has 1 N–H and O–H groups in total. The van der Waals surface area contributed by atoms with E-state index < -0.39 is 0 Å². The number of halogens is 1. The molecule has 2 aliphatic rings. The highest BCUT2D eigenvalue weighted by Gasteiger charge is 2.44. The molecule has 1 aromatic carbocycles. The normalized spacial score (nSPS) is 26.6. The molecular weight excluding hydrogens is 234 g/mol. The fourth-order valence-corrected chi connectivity index (χ4v) is 2.49. The number of rotatable bonds is 4. The minimum atomic E-state index is 0.173. The zero-order chi connectivity index (χ0) is 11.8. The molecule has 0 saturated heterocycles. The van der Waals surface area contributed by atoms with Gasteiger partial charge in [-0.2, -0.15) is 0 Å². The molecule has 1 aromatic rings. The molecule has 2 atom stereocenters. The first-order valence-electron chi connectivity index (χ1n) is 6.27. The minimum absolute atomic E-state index is 0.173. The average Bonchev–Trinajstić information content (AvgIpc) is 3.18. The van der Waals surface area contributed by atoms with Gasteiger partial charge in [-0.25, -0.2) is 0 Å². The standard InChI is InChI=1S/C14H16ClNO/c15-11-3-1-2-10(6-11)12-7-13(12)14(17)16-8-9-4-5-9/h1-3,6,9,12-13H,4-5,7-8H2,(H,16,17)/t12-,13-/m0/s1. The third kappa shape index (κ3) is 2.63. The Bertz CT molecular complexity index is 442. The quantitative estimate of drug-likeness (QED) is 0.873. The molecule has 90 valence electrons. The molecule has 2 saturated carbocycles. The molecule has 0 bridgehead atoms. The Hall–Kier alpha value is -1.02. The van der Waals surface area contributed by atoms with Crippen LogP contribution in [0, 0.1) is 11.8 Å². The van der Waals surface area contributed by atoms with Crippen LogP contribution in [0.5, 0.6) is 0 Å². The summed E-state index contributed by atoms with van der Waals surface area (Å²) in [5.74, 6) is 1.53. The summed E-state index contributed by atoms with van der Waals surface area (Å²) in [6.07, 6.45) is 3.53. The third-order valence-electron chi connectivity index (χ3n) is 3.67. The van der Waals surface area contributed by atoms with Crippen molar-refractivity contribution < 1.29 is 4.79 Å². The SMILES string of the molecule is O=C(NCC1CC1)[C@H]1C[C@H]1c1cccc(Cl)c1. The van der Waals surface area contributed by atoms with Crippen molar-refractivity contribution in [1.29, 1.82) is 0 Å². The van der Waals surface area contributed by atoms with Crippen LogP contribution in [-0.2, 0) is 4.79 Å². The van der Waals surface area contributed by atoms with Gasteiger partial charge >= 0.3 is 0 Å². The van der Waals surface area contributed by atoms with E-state index in [1.54, 1.807) is 0 Å². The van der Waals surface area contributed by atoms with Gasteiger partial charge in [-0.3, -0.25) is 4.79 Å². The molecule has 2 nitrogen and oxygen atoms in total. The predicted octanol–water partition coefficient (Wildman–Crippen LogP) is 2.97. The van der Waals surface area contributed by atoms with Gasteiger partial charge in [0.15, 0.2) is 0 Å². The Labute approximate surface area is 106 Å². The fraction of sp³-hybridized carbons (Fsp3) is 0.500. The van der Waals surface area contributed by atoms with E-state index in [0.717, 1.165) is 23.9 Å². The maximum Gasteiger partial charge on any atom is 0.223 e. The van der Waals surface area contributed by atoms with Gasteiger partial charge in [0, 0.05) is 17.5 Å². The van der Waals surface area contributed by atoms with E-state index in [9.17, 15) is 4.79 Å². The number of hydrogen-bond donors (Lipinski definition) is 1. The third-order valence-corrected chi connectivity index (χ3v) is 3.90. The van der Waals surface area contributed by atoms with Crippen molar-refractivity contribution in [3.63, 3.8) is 0 Å². The second kappa shape index (κ2) is 4.34. The Kier molecular flexibility index (Phi) is 2.83. The van der Waals surface area contributed by atoms with Gasteiger partial charge in [0.1, 0.15) is 0 Å². The van der Waals surface area contributed by atoms with Crippen molar-refractivity contribution in [2.75, 3.05) is 6.54 Å². The first-order valence-corrected chi connectivity index (χ1v) is 6.65. The summed E-state index contributed by atoms with van der Waals surface area (Å²) in [5, 5.41) is 3.81. The summed E-state index contributed by atoms with van der Waals surface area (Å²) in [4.78, 5) is 11.9. The molecule has 0 aromatic heterocycles. The second-order valence-electron chi connectivity index (χ2n) is 5.19. The van der Waals surface area contributed by atoms with Gasteiger partial charge in [-0.05, 0) is 48.8 Å². The summed E-state index contributed by atoms with van der Waals surface area (Å²) in [6, 6.07) is 7.86. The maximum absolute atomic E-state index is 11.9. The van der Waals surface area contributed by atoms with Crippen molar-refractivity contribution in [1.82, 2.24) is 5.32 Å². The van der Waals surface area contributed by atoms with Crippen LogP contribution in [-0.4, -0.2) is 12.5 Å². The van der Waals surface area contributed by atoms with Crippen LogP contribution in [0.4, 0.5) is 0 Å². The molecule has 3 heteroatoms. The highest BCUT2D eigenvalue weighted by Crippen LogP contribution is 2.48. The molecule has 0 radical (unpaired) electrons. The van der Waals surface area contributed by atoms with Crippen LogP contribution in [0.15, 0.2) is 24.3 Å². The molecule has 0 heterocycles. The highest BCUT2D eigenvalue weighted by molar-refractivity contribution is 6.30. The molecule has 1 amide bonds. The first-order chi connectivity index (χ1) is 8.24. The van der Waals surface area contributed by atoms with Crippen molar-refractivity contribution in [3.8, 4) is 0 Å². The van der Waals surface area contributed by atoms with Crippen LogP contribution in [0.2, 0.25) is 5.02 Å². The van der Waals surface area contributed by atoms with Gasteiger partial charge in [-0.1, -0.05) is 23.7 Å². The van der Waals surface area contributed by atoms with E-state index in [0.29, 0.717) is 5.92 Å². The summed E-state index contributed by atoms with van der Waals surface area (Å²) in [6.45, 7) is 0.873. The lowest BCUT2D eigenvalue weighted by molar-refractivity contribution is -0.122. The van der Waals surface area contributed by atoms with Gasteiger partial charge in [0.2, 0.25) is 5.91 Å². The van der Waals surface area contributed by atoms with Crippen LogP contribution in [0.1, 0.15) is 30.7 Å². The second-order valence-corrected chi connectivity index (χ2v) is 5.63. The fourth-order valence-electron chi connectivity index (χ4n) is 2.29. The summed E-state index contributed by atoms with van der Waals surface area (Å²) in [7, 11) is 0. The molecular formula is C14H16ClNO. The van der Waals surface area contributed by atoms with E-state index in [-0.39, 0.29) is 11.8 Å². The molecule has 0 spiro atoms. The lowest BCUT2D eigenvalue weighted by atomic mass is 10.1. The van der Waals surface area contributed by atoms with Crippen molar-refractivity contribution in [3.05, 3.63) is 34.9 Å². The lowest BCUT2D eigenvalue weighted by Crippen LogP contribution is -2.27. The van der Waals surface area contributed by atoms with E-state index in [2.05, 4.69) is 11.4 Å². The molecule has 2 aliphatic carbocycles. The number of carbonyl (C=O) groups excluding carboxylic acids is 1. The monoisotopic (exact) mass is 249 g/mol. The van der Waals surface area contributed by atoms with Crippen LogP contribution in [0.25, 0.3) is 0 Å². The zero-order valence-corrected chi connectivity index (χ0v) is 10.4. The van der Waals surface area contributed by atoms with Gasteiger partial charge in [-0.15, -0.1) is 0 Å². The Morgan fingerprint density at radius 2 is 2.24 bits per heavy atom. The largest absolute Gasteiger partial charge is 0.356 e. The Morgan fingerprint density at radius 1 is 1.41 bits per heavy atom. The Balaban J connectivity index is 1.56. The van der Waals surface area contributed by atoms with Crippen LogP contribution in [0.3, 0.4) is 0 Å². The summed E-state index contributed by atoms with van der Waals surface area (Å²) >= 11 is 5.95. The van der Waals surface area contributed by atoms with Gasteiger partial charge in [0.05, 0.1) is 0 Å². The van der Waals surface area contributed by atoms with Crippen molar-refractivity contribution >= 4 is 17.5 Å². The lowest BCUT2D eigenvalue weighted by Gasteiger charge is -2.04. The van der Waals surface area contributed by atoms with Crippen molar-refractivity contribution in [2.24, 2.45) is 11.8 Å². The summed E-state index contributed by atoms with van der Waals surface area (Å²) < 4.78 is 0. The number of nitrogens with one attached hydrogen (secondary N) is 1. The number of benzene rings is 1. The van der Waals surface area contributed by atoms with Gasteiger partial charge in [0.25, 0.3) is 0 Å².